The normalized spacial score (nSPS) is 9.67. The second-order valence-electron chi connectivity index (χ2n) is 3.08. The molecule has 0 aliphatic carbocycles. The third-order valence-corrected chi connectivity index (χ3v) is 3.59. The number of rotatable bonds is 4. The molecule has 6 nitrogen and oxygen atoms in total. The number of esters is 1. The number of amides is 2. The van der Waals surface area contributed by atoms with Gasteiger partial charge in [0.15, 0.2) is 0 Å². The molecule has 1 aromatic heterocycles. The van der Waals surface area contributed by atoms with Crippen LogP contribution in [0, 0.1) is 0 Å². The van der Waals surface area contributed by atoms with Crippen LogP contribution < -0.4 is 10.9 Å². The maximum Gasteiger partial charge on any atom is 0.315 e. The molecule has 0 aromatic carbocycles. The van der Waals surface area contributed by atoms with Crippen LogP contribution >= 0.6 is 27.3 Å². The molecular formula is C10H11BrN2O4S. The van der Waals surface area contributed by atoms with Crippen molar-refractivity contribution in [3.05, 3.63) is 20.8 Å². The summed E-state index contributed by atoms with van der Waals surface area (Å²) >= 11 is 4.43. The van der Waals surface area contributed by atoms with Crippen LogP contribution in [0.25, 0.3) is 0 Å². The monoisotopic (exact) mass is 334 g/mol. The lowest BCUT2D eigenvalue weighted by molar-refractivity contribution is -0.146. The van der Waals surface area contributed by atoms with Crippen LogP contribution in [0.1, 0.15) is 23.0 Å². The molecule has 98 valence electrons. The molecule has 0 radical (unpaired) electrons. The fourth-order valence-corrected chi connectivity index (χ4v) is 2.47. The number of carbonyl (C=O) groups is 3. The standard InChI is InChI=1S/C10H11BrN2O4S/c1-2-17-8(15)5-7(14)12-13-10(16)9-6(11)3-4-18-9/h3-4H,2,5H2,1H3,(H,12,14)(H,13,16). The van der Waals surface area contributed by atoms with Gasteiger partial charge in [-0.1, -0.05) is 0 Å². The minimum Gasteiger partial charge on any atom is -0.466 e. The second kappa shape index (κ2) is 7.12. The molecule has 1 rings (SSSR count). The molecule has 0 saturated heterocycles. The number of ether oxygens (including phenoxy) is 1. The molecule has 0 atom stereocenters. The summed E-state index contributed by atoms with van der Waals surface area (Å²) in [4.78, 5) is 34.2. The molecule has 0 fully saturated rings. The quantitative estimate of drug-likeness (QED) is 0.492. The predicted octanol–water partition coefficient (Wildman–Crippen LogP) is 1.22. The Morgan fingerprint density at radius 1 is 1.39 bits per heavy atom. The Labute approximate surface area is 116 Å². The first kappa shape index (κ1) is 14.7. The van der Waals surface area contributed by atoms with Crippen LogP contribution in [0.2, 0.25) is 0 Å². The van der Waals surface area contributed by atoms with Gasteiger partial charge >= 0.3 is 5.97 Å². The summed E-state index contributed by atoms with van der Waals surface area (Å²) in [6.45, 7) is 1.85. The van der Waals surface area contributed by atoms with Gasteiger partial charge in [-0.25, -0.2) is 0 Å². The molecule has 1 aromatic rings. The molecule has 18 heavy (non-hydrogen) atoms. The Bertz CT molecular complexity index is 460. The highest BCUT2D eigenvalue weighted by atomic mass is 79.9. The average Bonchev–Trinajstić information content (AvgIpc) is 2.72. The van der Waals surface area contributed by atoms with Crippen molar-refractivity contribution >= 4 is 45.1 Å². The van der Waals surface area contributed by atoms with Crippen molar-refractivity contribution in [2.24, 2.45) is 0 Å². The maximum absolute atomic E-state index is 11.6. The summed E-state index contributed by atoms with van der Waals surface area (Å²) in [6.07, 6.45) is -0.431. The Kier molecular flexibility index (Phi) is 5.79. The van der Waals surface area contributed by atoms with E-state index < -0.39 is 24.2 Å². The van der Waals surface area contributed by atoms with E-state index in [0.717, 1.165) is 0 Å². The SMILES string of the molecule is CCOC(=O)CC(=O)NNC(=O)c1sccc1Br. The zero-order chi connectivity index (χ0) is 13.5. The molecule has 1 heterocycles. The third-order valence-electron chi connectivity index (χ3n) is 1.75. The van der Waals surface area contributed by atoms with E-state index in [0.29, 0.717) is 9.35 Å². The van der Waals surface area contributed by atoms with Gasteiger partial charge < -0.3 is 4.74 Å². The summed E-state index contributed by atoms with van der Waals surface area (Å²) < 4.78 is 5.24. The smallest absolute Gasteiger partial charge is 0.315 e. The number of hydrogen-bond donors (Lipinski definition) is 2. The van der Waals surface area contributed by atoms with Crippen LogP contribution in [0.5, 0.6) is 0 Å². The van der Waals surface area contributed by atoms with Gasteiger partial charge in [-0.3, -0.25) is 25.2 Å². The van der Waals surface area contributed by atoms with Crippen molar-refractivity contribution in [2.45, 2.75) is 13.3 Å². The van der Waals surface area contributed by atoms with Gasteiger partial charge in [-0.15, -0.1) is 11.3 Å². The number of hydrogen-bond acceptors (Lipinski definition) is 5. The Balaban J connectivity index is 2.37. The third kappa shape index (κ3) is 4.46. The molecule has 0 spiro atoms. The molecule has 0 bridgehead atoms. The van der Waals surface area contributed by atoms with E-state index in [2.05, 4.69) is 31.5 Å². The zero-order valence-electron chi connectivity index (χ0n) is 9.49. The van der Waals surface area contributed by atoms with Gasteiger partial charge in [0.05, 0.1) is 6.61 Å². The van der Waals surface area contributed by atoms with Gasteiger partial charge in [0.2, 0.25) is 5.91 Å². The van der Waals surface area contributed by atoms with Crippen molar-refractivity contribution in [3.63, 3.8) is 0 Å². The van der Waals surface area contributed by atoms with Gasteiger partial charge in [0.1, 0.15) is 11.3 Å². The van der Waals surface area contributed by atoms with Crippen molar-refractivity contribution in [1.82, 2.24) is 10.9 Å². The number of nitrogens with one attached hydrogen (secondary N) is 2. The number of hydrazine groups is 1. The van der Waals surface area contributed by atoms with Crippen LogP contribution in [-0.2, 0) is 14.3 Å². The van der Waals surface area contributed by atoms with Gasteiger partial charge in [0, 0.05) is 4.47 Å². The Morgan fingerprint density at radius 3 is 2.67 bits per heavy atom. The highest BCUT2D eigenvalue weighted by Crippen LogP contribution is 2.21. The van der Waals surface area contributed by atoms with Crippen molar-refractivity contribution in [3.8, 4) is 0 Å². The van der Waals surface area contributed by atoms with Crippen LogP contribution in [0.3, 0.4) is 0 Å². The molecule has 0 unspecified atom stereocenters. The topological polar surface area (TPSA) is 84.5 Å². The Morgan fingerprint density at radius 2 is 2.11 bits per heavy atom. The molecular weight excluding hydrogens is 324 g/mol. The van der Waals surface area contributed by atoms with E-state index in [1.807, 2.05) is 0 Å². The minimum atomic E-state index is -0.637. The van der Waals surface area contributed by atoms with Gasteiger partial charge in [-0.05, 0) is 34.3 Å². The molecule has 2 N–H and O–H groups in total. The molecule has 0 saturated carbocycles. The van der Waals surface area contributed by atoms with E-state index in [9.17, 15) is 14.4 Å². The molecule has 0 aliphatic heterocycles. The lowest BCUT2D eigenvalue weighted by Gasteiger charge is -2.06. The summed E-state index contributed by atoms with van der Waals surface area (Å²) in [6, 6.07) is 1.72. The first-order chi connectivity index (χ1) is 8.54. The fraction of sp³-hybridized carbons (Fsp3) is 0.300. The highest BCUT2D eigenvalue weighted by molar-refractivity contribution is 9.10. The highest BCUT2D eigenvalue weighted by Gasteiger charge is 2.14. The summed E-state index contributed by atoms with van der Waals surface area (Å²) in [5.74, 6) is -1.72. The van der Waals surface area contributed by atoms with Crippen LogP contribution in [-0.4, -0.2) is 24.4 Å². The lowest BCUT2D eigenvalue weighted by atomic mass is 10.4. The first-order valence-corrected chi connectivity index (χ1v) is 6.69. The summed E-state index contributed by atoms with van der Waals surface area (Å²) in [5.41, 5.74) is 4.34. The first-order valence-electron chi connectivity index (χ1n) is 5.02. The minimum absolute atomic E-state index is 0.209. The van der Waals surface area contributed by atoms with E-state index in [-0.39, 0.29) is 6.61 Å². The maximum atomic E-state index is 11.6. The van der Waals surface area contributed by atoms with Crippen molar-refractivity contribution < 1.29 is 19.1 Å². The Hall–Kier alpha value is -1.41. The summed E-state index contributed by atoms with van der Waals surface area (Å²) in [5, 5.41) is 1.74. The number of carbonyl (C=O) groups excluding carboxylic acids is 3. The van der Waals surface area contributed by atoms with E-state index in [4.69, 9.17) is 0 Å². The lowest BCUT2D eigenvalue weighted by Crippen LogP contribution is -2.42. The molecule has 8 heteroatoms. The molecule has 0 aliphatic rings. The number of thiophene rings is 1. The van der Waals surface area contributed by atoms with E-state index in [1.165, 1.54) is 11.3 Å². The van der Waals surface area contributed by atoms with Gasteiger partial charge in [-0.2, -0.15) is 0 Å². The van der Waals surface area contributed by atoms with E-state index >= 15 is 0 Å². The van der Waals surface area contributed by atoms with Crippen LogP contribution in [0.15, 0.2) is 15.9 Å². The van der Waals surface area contributed by atoms with E-state index in [1.54, 1.807) is 18.4 Å². The largest absolute Gasteiger partial charge is 0.466 e. The average molecular weight is 335 g/mol. The zero-order valence-corrected chi connectivity index (χ0v) is 11.9. The van der Waals surface area contributed by atoms with Crippen LogP contribution in [0.4, 0.5) is 0 Å². The fourth-order valence-electron chi connectivity index (χ4n) is 1.03. The van der Waals surface area contributed by atoms with Crippen molar-refractivity contribution in [2.75, 3.05) is 6.61 Å². The number of halogens is 1. The predicted molar refractivity (Wildman–Crippen MR) is 68.9 cm³/mol. The molecule has 2 amide bonds. The van der Waals surface area contributed by atoms with Crippen molar-refractivity contribution in [1.29, 1.82) is 0 Å². The summed E-state index contributed by atoms with van der Waals surface area (Å²) in [7, 11) is 0. The second-order valence-corrected chi connectivity index (χ2v) is 4.85. The van der Waals surface area contributed by atoms with Gasteiger partial charge in [0.25, 0.3) is 5.91 Å².